The number of hydrogen-bond acceptors (Lipinski definition) is 4. The molecule has 0 spiro atoms. The van der Waals surface area contributed by atoms with Crippen LogP contribution in [0, 0.1) is 6.92 Å². The van der Waals surface area contributed by atoms with Crippen molar-refractivity contribution in [3.63, 3.8) is 0 Å². The van der Waals surface area contributed by atoms with Gasteiger partial charge in [-0.15, -0.1) is 0 Å². The van der Waals surface area contributed by atoms with Crippen LogP contribution in [0.15, 0.2) is 60.3 Å². The average molecular weight is 535 g/mol. The van der Waals surface area contributed by atoms with Crippen molar-refractivity contribution in [3.05, 3.63) is 93.1 Å². The number of thiocarbonyl (C=S) groups is 1. The predicted molar refractivity (Wildman–Crippen MR) is 155 cm³/mol. The van der Waals surface area contributed by atoms with E-state index in [2.05, 4.69) is 26.1 Å². The Morgan fingerprint density at radius 3 is 2.54 bits per heavy atom. The molecule has 0 radical (unpaired) electrons. The molecule has 1 fully saturated rings. The lowest BCUT2D eigenvalue weighted by molar-refractivity contribution is -0.113. The molecule has 4 rings (SSSR count). The molecule has 0 unspecified atom stereocenters. The molecule has 1 aliphatic heterocycles. The van der Waals surface area contributed by atoms with Gasteiger partial charge in [-0.05, 0) is 90.1 Å². The van der Waals surface area contributed by atoms with Crippen LogP contribution in [0.2, 0.25) is 5.02 Å². The second-order valence-electron chi connectivity index (χ2n) is 9.26. The van der Waals surface area contributed by atoms with Gasteiger partial charge in [0.05, 0.1) is 12.8 Å². The van der Waals surface area contributed by atoms with Crippen molar-refractivity contribution >= 4 is 46.6 Å². The summed E-state index contributed by atoms with van der Waals surface area (Å²) in [6.07, 6.45) is 2.60. The highest BCUT2D eigenvalue weighted by Crippen LogP contribution is 2.33. The number of halogens is 1. The Hall–Kier alpha value is -3.35. The molecule has 1 heterocycles. The van der Waals surface area contributed by atoms with Gasteiger partial charge in [-0.25, -0.2) is 0 Å². The number of carbonyl (C=O) groups is 1. The lowest BCUT2D eigenvalue weighted by atomic mass is 10.0. The maximum atomic E-state index is 13.3. The molecular formula is C30H31ClN2O3S. The monoisotopic (exact) mass is 534 g/mol. The third-order valence-electron chi connectivity index (χ3n) is 6.40. The van der Waals surface area contributed by atoms with E-state index in [0.717, 1.165) is 50.7 Å². The number of ether oxygens (including phenoxy) is 2. The Bertz CT molecular complexity index is 1380. The highest BCUT2D eigenvalue weighted by atomic mass is 35.5. The molecule has 0 atom stereocenters. The fraction of sp³-hybridized carbons (Fsp3) is 0.267. The van der Waals surface area contributed by atoms with Gasteiger partial charge in [0.15, 0.2) is 5.11 Å². The number of amides is 1. The Kier molecular flexibility index (Phi) is 8.20. The van der Waals surface area contributed by atoms with E-state index in [4.69, 9.17) is 33.3 Å². The number of methoxy groups -OCH3 is 1. The van der Waals surface area contributed by atoms with Crippen LogP contribution in [0.5, 0.6) is 11.5 Å². The summed E-state index contributed by atoms with van der Waals surface area (Å²) in [5.74, 6) is 1.58. The molecule has 1 N–H and O–H groups in total. The van der Waals surface area contributed by atoms with E-state index in [-0.39, 0.29) is 11.8 Å². The van der Waals surface area contributed by atoms with Crippen LogP contribution in [0.3, 0.4) is 0 Å². The quantitative estimate of drug-likeness (QED) is 0.245. The van der Waals surface area contributed by atoms with Crippen LogP contribution in [-0.4, -0.2) is 18.1 Å². The van der Waals surface area contributed by atoms with E-state index in [1.54, 1.807) is 18.1 Å². The SMILES string of the molecule is CCc1ccccc1N1C(=O)/C(=C\c2ccc(OC)c(COc3cc(C)c(Cl)cc3C(C)C)c2)NC1=S. The topological polar surface area (TPSA) is 50.8 Å². The van der Waals surface area contributed by atoms with E-state index in [9.17, 15) is 4.79 Å². The lowest BCUT2D eigenvalue weighted by Crippen LogP contribution is -2.31. The lowest BCUT2D eigenvalue weighted by Gasteiger charge is -2.17. The number of nitrogens with zero attached hydrogens (tertiary/aromatic N) is 1. The standard InChI is InChI=1S/C30H31ClN2O3S/c1-6-21-9-7-8-10-26(21)33-29(34)25(32-30(33)37)15-20-11-12-27(35-5)22(14-20)17-36-28-13-19(4)24(31)16-23(28)18(2)3/h7-16,18H,6,17H2,1-5H3,(H,32,37)/b25-15+. The minimum atomic E-state index is -0.183. The van der Waals surface area contributed by atoms with Crippen molar-refractivity contribution in [2.45, 2.75) is 46.6 Å². The summed E-state index contributed by atoms with van der Waals surface area (Å²) in [6, 6.07) is 17.5. The van der Waals surface area contributed by atoms with Crippen LogP contribution < -0.4 is 19.7 Å². The highest BCUT2D eigenvalue weighted by Gasteiger charge is 2.33. The Labute approximate surface area is 229 Å². The number of benzene rings is 3. The fourth-order valence-electron chi connectivity index (χ4n) is 4.35. The van der Waals surface area contributed by atoms with Gasteiger partial charge >= 0.3 is 0 Å². The van der Waals surface area contributed by atoms with Crippen molar-refractivity contribution in [1.29, 1.82) is 0 Å². The second-order valence-corrected chi connectivity index (χ2v) is 10.1. The Balaban J connectivity index is 1.61. The molecule has 5 nitrogen and oxygen atoms in total. The Morgan fingerprint density at radius 2 is 1.84 bits per heavy atom. The first-order valence-corrected chi connectivity index (χ1v) is 13.1. The van der Waals surface area contributed by atoms with Gasteiger partial charge in [-0.1, -0.05) is 56.6 Å². The smallest absolute Gasteiger partial charge is 0.281 e. The zero-order chi connectivity index (χ0) is 26.7. The normalized spacial score (nSPS) is 14.5. The molecule has 7 heteroatoms. The van der Waals surface area contributed by atoms with Crippen molar-refractivity contribution in [1.82, 2.24) is 5.32 Å². The van der Waals surface area contributed by atoms with E-state index in [1.165, 1.54) is 0 Å². The molecular weight excluding hydrogens is 504 g/mol. The van der Waals surface area contributed by atoms with Crippen LogP contribution in [0.1, 0.15) is 54.5 Å². The summed E-state index contributed by atoms with van der Waals surface area (Å²) >= 11 is 11.9. The molecule has 1 amide bonds. The van der Waals surface area contributed by atoms with E-state index < -0.39 is 0 Å². The van der Waals surface area contributed by atoms with Gasteiger partial charge in [0, 0.05) is 10.6 Å². The number of rotatable bonds is 8. The van der Waals surface area contributed by atoms with Crippen molar-refractivity contribution in [3.8, 4) is 11.5 Å². The number of nitrogens with one attached hydrogen (secondary N) is 1. The van der Waals surface area contributed by atoms with Gasteiger partial charge in [-0.2, -0.15) is 0 Å². The van der Waals surface area contributed by atoms with Gasteiger partial charge in [0.1, 0.15) is 23.8 Å². The minimum absolute atomic E-state index is 0.183. The first kappa shape index (κ1) is 26.7. The van der Waals surface area contributed by atoms with E-state index in [0.29, 0.717) is 23.2 Å². The molecule has 0 saturated carbocycles. The first-order valence-electron chi connectivity index (χ1n) is 12.3. The van der Waals surface area contributed by atoms with Crippen LogP contribution >= 0.6 is 23.8 Å². The number of hydrogen-bond donors (Lipinski definition) is 1. The number of carbonyl (C=O) groups excluding carboxylic acids is 1. The molecule has 0 aromatic heterocycles. The predicted octanol–water partition coefficient (Wildman–Crippen LogP) is 7.18. The van der Waals surface area contributed by atoms with Crippen molar-refractivity contribution in [2.75, 3.05) is 12.0 Å². The molecule has 3 aromatic rings. The largest absolute Gasteiger partial charge is 0.496 e. The number of anilines is 1. The zero-order valence-corrected chi connectivity index (χ0v) is 23.3. The summed E-state index contributed by atoms with van der Waals surface area (Å²) < 4.78 is 11.8. The first-order chi connectivity index (χ1) is 17.7. The highest BCUT2D eigenvalue weighted by molar-refractivity contribution is 7.80. The molecule has 3 aromatic carbocycles. The van der Waals surface area contributed by atoms with Crippen LogP contribution in [0.4, 0.5) is 5.69 Å². The molecule has 37 heavy (non-hydrogen) atoms. The van der Waals surface area contributed by atoms with Gasteiger partial charge < -0.3 is 14.8 Å². The van der Waals surface area contributed by atoms with Crippen LogP contribution in [-0.2, 0) is 17.8 Å². The fourth-order valence-corrected chi connectivity index (χ4v) is 4.81. The van der Waals surface area contributed by atoms with Crippen LogP contribution in [0.25, 0.3) is 6.08 Å². The zero-order valence-electron chi connectivity index (χ0n) is 21.7. The molecule has 192 valence electrons. The molecule has 0 aliphatic carbocycles. The minimum Gasteiger partial charge on any atom is -0.496 e. The summed E-state index contributed by atoms with van der Waals surface area (Å²) in [7, 11) is 1.63. The molecule has 1 saturated heterocycles. The van der Waals surface area contributed by atoms with Gasteiger partial charge in [0.2, 0.25) is 0 Å². The summed E-state index contributed by atoms with van der Waals surface area (Å²) in [4.78, 5) is 14.9. The summed E-state index contributed by atoms with van der Waals surface area (Å²) in [5, 5.41) is 4.18. The van der Waals surface area contributed by atoms with Crippen molar-refractivity contribution < 1.29 is 14.3 Å². The van der Waals surface area contributed by atoms with Gasteiger partial charge in [0.25, 0.3) is 5.91 Å². The van der Waals surface area contributed by atoms with E-state index >= 15 is 0 Å². The maximum Gasteiger partial charge on any atom is 0.281 e. The molecule has 0 bridgehead atoms. The van der Waals surface area contributed by atoms with E-state index in [1.807, 2.05) is 61.5 Å². The summed E-state index contributed by atoms with van der Waals surface area (Å²) in [6.45, 7) is 8.55. The number of aryl methyl sites for hydroxylation is 2. The van der Waals surface area contributed by atoms with Crippen molar-refractivity contribution in [2.24, 2.45) is 0 Å². The maximum absolute atomic E-state index is 13.3. The third-order valence-corrected chi connectivity index (χ3v) is 7.10. The second kappa shape index (κ2) is 11.4. The molecule has 1 aliphatic rings. The Morgan fingerprint density at radius 1 is 1.08 bits per heavy atom. The third kappa shape index (κ3) is 5.65. The summed E-state index contributed by atoms with van der Waals surface area (Å²) in [5.41, 5.74) is 5.99. The number of para-hydroxylation sites is 1. The average Bonchev–Trinajstić information content (AvgIpc) is 3.16. The van der Waals surface area contributed by atoms with Gasteiger partial charge in [-0.3, -0.25) is 9.69 Å².